The van der Waals surface area contributed by atoms with E-state index in [1.165, 1.54) is 12.1 Å². The number of nitrogens with zero attached hydrogens (tertiary/aromatic N) is 2. The van der Waals surface area contributed by atoms with Gasteiger partial charge < -0.3 is 20.4 Å². The first kappa shape index (κ1) is 21.5. The molecule has 0 spiro atoms. The molecule has 0 aliphatic carbocycles. The molecule has 3 N–H and O–H groups in total. The minimum atomic E-state index is -1.01. The molecule has 3 heterocycles. The van der Waals surface area contributed by atoms with Crippen molar-refractivity contribution < 1.29 is 23.2 Å². The van der Waals surface area contributed by atoms with Gasteiger partial charge in [0.1, 0.15) is 11.6 Å². The molecule has 0 saturated carbocycles. The Hall–Kier alpha value is -2.75. The van der Waals surface area contributed by atoms with Gasteiger partial charge in [-0.2, -0.15) is 0 Å². The number of anilines is 1. The molecule has 3 aliphatic heterocycles. The number of urea groups is 1. The van der Waals surface area contributed by atoms with Crippen molar-refractivity contribution in [1.29, 1.82) is 0 Å². The molecular weight excluding hydrogens is 408 g/mol. The van der Waals surface area contributed by atoms with Gasteiger partial charge in [-0.3, -0.25) is 14.9 Å². The third kappa shape index (κ3) is 4.63. The lowest BCUT2D eigenvalue weighted by Gasteiger charge is -2.41. The third-order valence-electron chi connectivity index (χ3n) is 6.29. The van der Waals surface area contributed by atoms with E-state index >= 15 is 0 Å². The smallest absolute Gasteiger partial charge is 0.315 e. The Balaban J connectivity index is 1.31. The van der Waals surface area contributed by atoms with E-state index < -0.39 is 29.4 Å². The molecular formula is C21H27F2N5O3. The SMILES string of the molecule is CCN1CCC(NC(=O)NC2CN(c3cc(F)c(C4CCC(=O)NC4=O)c(F)c3)C2)C1. The first-order valence-corrected chi connectivity index (χ1v) is 10.7. The first-order valence-electron chi connectivity index (χ1n) is 10.7. The number of imide groups is 1. The van der Waals surface area contributed by atoms with Crippen LogP contribution in [0.4, 0.5) is 19.3 Å². The van der Waals surface area contributed by atoms with E-state index in [0.717, 1.165) is 26.1 Å². The Kier molecular flexibility index (Phi) is 6.08. The Labute approximate surface area is 179 Å². The molecule has 2 atom stereocenters. The van der Waals surface area contributed by atoms with Gasteiger partial charge in [0.25, 0.3) is 0 Å². The molecule has 10 heteroatoms. The molecule has 31 heavy (non-hydrogen) atoms. The van der Waals surface area contributed by atoms with Crippen molar-refractivity contribution in [3.8, 4) is 0 Å². The number of amides is 4. The number of carbonyl (C=O) groups excluding carboxylic acids is 3. The number of likely N-dealkylation sites (tertiary alicyclic amines) is 1. The molecule has 3 fully saturated rings. The monoisotopic (exact) mass is 435 g/mol. The Bertz CT molecular complexity index is 867. The van der Waals surface area contributed by atoms with Gasteiger partial charge in [0.2, 0.25) is 11.8 Å². The van der Waals surface area contributed by atoms with Crippen molar-refractivity contribution in [2.24, 2.45) is 0 Å². The molecule has 0 aromatic heterocycles. The topological polar surface area (TPSA) is 93.8 Å². The van der Waals surface area contributed by atoms with Crippen molar-refractivity contribution in [3.05, 3.63) is 29.3 Å². The number of likely N-dealkylation sites (N-methyl/N-ethyl adjacent to an activating group) is 1. The average molecular weight is 435 g/mol. The molecule has 1 aromatic carbocycles. The zero-order valence-corrected chi connectivity index (χ0v) is 17.4. The van der Waals surface area contributed by atoms with Crippen LogP contribution < -0.4 is 20.9 Å². The van der Waals surface area contributed by atoms with E-state index in [9.17, 15) is 23.2 Å². The maximum atomic E-state index is 14.7. The molecule has 0 radical (unpaired) electrons. The lowest BCUT2D eigenvalue weighted by molar-refractivity contribution is -0.134. The van der Waals surface area contributed by atoms with Gasteiger partial charge >= 0.3 is 6.03 Å². The van der Waals surface area contributed by atoms with Crippen LogP contribution in [0.1, 0.15) is 37.7 Å². The van der Waals surface area contributed by atoms with Crippen molar-refractivity contribution in [2.75, 3.05) is 37.6 Å². The molecule has 3 saturated heterocycles. The first-order chi connectivity index (χ1) is 14.8. The van der Waals surface area contributed by atoms with Crippen LogP contribution in [-0.4, -0.2) is 67.6 Å². The van der Waals surface area contributed by atoms with Gasteiger partial charge in [0.05, 0.1) is 12.0 Å². The molecule has 3 aliphatic rings. The van der Waals surface area contributed by atoms with Gasteiger partial charge in [-0.1, -0.05) is 6.92 Å². The molecule has 1 aromatic rings. The van der Waals surface area contributed by atoms with Gasteiger partial charge in [-0.15, -0.1) is 0 Å². The molecule has 4 rings (SSSR count). The van der Waals surface area contributed by atoms with Crippen LogP contribution in [-0.2, 0) is 9.59 Å². The summed E-state index contributed by atoms with van der Waals surface area (Å²) in [6.45, 7) is 5.76. The largest absolute Gasteiger partial charge is 0.367 e. The van der Waals surface area contributed by atoms with E-state index in [1.807, 2.05) is 0 Å². The van der Waals surface area contributed by atoms with Crippen LogP contribution in [0.2, 0.25) is 0 Å². The number of benzene rings is 1. The van der Waals surface area contributed by atoms with Gasteiger partial charge in [-0.05, 0) is 31.5 Å². The predicted octanol–water partition coefficient (Wildman–Crippen LogP) is 1.07. The zero-order valence-electron chi connectivity index (χ0n) is 17.4. The van der Waals surface area contributed by atoms with Crippen LogP contribution >= 0.6 is 0 Å². The average Bonchev–Trinajstić information content (AvgIpc) is 3.12. The zero-order chi connectivity index (χ0) is 22.1. The fourth-order valence-electron chi connectivity index (χ4n) is 4.49. The van der Waals surface area contributed by atoms with Crippen LogP contribution in [0.15, 0.2) is 12.1 Å². The minimum Gasteiger partial charge on any atom is -0.367 e. The third-order valence-corrected chi connectivity index (χ3v) is 6.29. The van der Waals surface area contributed by atoms with Crippen LogP contribution in [0.25, 0.3) is 0 Å². The normalized spacial score (nSPS) is 24.7. The minimum absolute atomic E-state index is 0.0515. The van der Waals surface area contributed by atoms with Gasteiger partial charge in [0.15, 0.2) is 0 Å². The lowest BCUT2D eigenvalue weighted by Crippen LogP contribution is -2.61. The summed E-state index contributed by atoms with van der Waals surface area (Å²) in [6, 6.07) is 2.22. The van der Waals surface area contributed by atoms with Gasteiger partial charge in [0, 0.05) is 49.9 Å². The fraction of sp³-hybridized carbons (Fsp3) is 0.571. The van der Waals surface area contributed by atoms with Crippen LogP contribution in [0.3, 0.4) is 0 Å². The highest BCUT2D eigenvalue weighted by molar-refractivity contribution is 6.01. The Morgan fingerprint density at radius 2 is 1.77 bits per heavy atom. The van der Waals surface area contributed by atoms with Crippen LogP contribution in [0, 0.1) is 11.6 Å². The summed E-state index contributed by atoms with van der Waals surface area (Å²) in [7, 11) is 0. The summed E-state index contributed by atoms with van der Waals surface area (Å²) in [5.74, 6) is -3.73. The summed E-state index contributed by atoms with van der Waals surface area (Å²) in [5, 5.41) is 8.00. The van der Waals surface area contributed by atoms with E-state index in [0.29, 0.717) is 18.8 Å². The number of carbonyl (C=O) groups is 3. The number of hydrogen-bond donors (Lipinski definition) is 3. The highest BCUT2D eigenvalue weighted by Gasteiger charge is 2.35. The maximum absolute atomic E-state index is 14.7. The van der Waals surface area contributed by atoms with Gasteiger partial charge in [-0.25, -0.2) is 13.6 Å². The summed E-state index contributed by atoms with van der Waals surface area (Å²) in [6.07, 6.45) is 1.06. The van der Waals surface area contributed by atoms with Crippen molar-refractivity contribution in [1.82, 2.24) is 20.9 Å². The molecule has 8 nitrogen and oxygen atoms in total. The van der Waals surface area contributed by atoms with E-state index in [2.05, 4.69) is 27.8 Å². The van der Waals surface area contributed by atoms with E-state index in [-0.39, 0.29) is 36.5 Å². The highest BCUT2D eigenvalue weighted by atomic mass is 19.1. The maximum Gasteiger partial charge on any atom is 0.315 e. The Morgan fingerprint density at radius 3 is 2.39 bits per heavy atom. The molecule has 168 valence electrons. The highest BCUT2D eigenvalue weighted by Crippen LogP contribution is 2.33. The lowest BCUT2D eigenvalue weighted by atomic mass is 9.89. The second kappa shape index (κ2) is 8.78. The van der Waals surface area contributed by atoms with Crippen molar-refractivity contribution >= 4 is 23.5 Å². The predicted molar refractivity (Wildman–Crippen MR) is 110 cm³/mol. The van der Waals surface area contributed by atoms with Crippen molar-refractivity contribution in [2.45, 2.75) is 44.2 Å². The fourth-order valence-corrected chi connectivity index (χ4v) is 4.49. The molecule has 0 bridgehead atoms. The second-order valence-electron chi connectivity index (χ2n) is 8.43. The number of hydrogen-bond acceptors (Lipinski definition) is 5. The van der Waals surface area contributed by atoms with E-state index in [4.69, 9.17) is 0 Å². The summed E-state index contributed by atoms with van der Waals surface area (Å²) >= 11 is 0. The standard InChI is InChI=1S/C21H27F2N5O3/c1-2-27-6-5-12(9-27)24-21(31)25-13-10-28(11-13)14-7-16(22)19(17(23)8-14)15-3-4-18(29)26-20(15)30/h7-8,12-13,15H,2-6,9-11H2,1H3,(H2,24,25,31)(H,26,29,30). The molecule has 2 unspecified atom stereocenters. The summed E-state index contributed by atoms with van der Waals surface area (Å²) in [4.78, 5) is 39.5. The molecule has 4 amide bonds. The Morgan fingerprint density at radius 1 is 1.10 bits per heavy atom. The summed E-state index contributed by atoms with van der Waals surface area (Å²) < 4.78 is 29.3. The quantitative estimate of drug-likeness (QED) is 0.602. The number of nitrogens with one attached hydrogen (secondary N) is 3. The van der Waals surface area contributed by atoms with E-state index in [1.54, 1.807) is 4.90 Å². The number of rotatable bonds is 5. The second-order valence-corrected chi connectivity index (χ2v) is 8.43. The number of piperidine rings is 1. The summed E-state index contributed by atoms with van der Waals surface area (Å²) in [5.41, 5.74) is 0.0555. The van der Waals surface area contributed by atoms with Crippen molar-refractivity contribution in [3.63, 3.8) is 0 Å². The van der Waals surface area contributed by atoms with Crippen LogP contribution in [0.5, 0.6) is 0 Å². The number of halogens is 2.